The lowest BCUT2D eigenvalue weighted by atomic mass is 10.2. The minimum Gasteiger partial charge on any atom is -0.466 e. The summed E-state index contributed by atoms with van der Waals surface area (Å²) >= 11 is 0. The highest BCUT2D eigenvalue weighted by molar-refractivity contribution is 5.20. The molecule has 0 aromatic carbocycles. The Labute approximate surface area is 118 Å². The molecule has 1 aliphatic rings. The van der Waals surface area contributed by atoms with Crippen molar-refractivity contribution in [1.29, 1.82) is 0 Å². The fourth-order valence-electron chi connectivity index (χ4n) is 2.06. The number of halogens is 5. The molecule has 0 bridgehead atoms. The van der Waals surface area contributed by atoms with Gasteiger partial charge in [0.05, 0.1) is 12.1 Å². The van der Waals surface area contributed by atoms with Crippen LogP contribution in [0.5, 0.6) is 5.88 Å². The topological polar surface area (TPSA) is 25.4 Å². The van der Waals surface area contributed by atoms with Crippen molar-refractivity contribution in [3.63, 3.8) is 0 Å². The first-order valence-corrected chi connectivity index (χ1v) is 6.41. The Bertz CT molecular complexity index is 486. The van der Waals surface area contributed by atoms with Crippen molar-refractivity contribution < 1.29 is 26.7 Å². The van der Waals surface area contributed by atoms with Gasteiger partial charge in [-0.25, -0.2) is 13.8 Å². The first kappa shape index (κ1) is 15.9. The van der Waals surface area contributed by atoms with Gasteiger partial charge < -0.3 is 4.74 Å². The van der Waals surface area contributed by atoms with Crippen LogP contribution in [0.4, 0.5) is 22.0 Å². The van der Waals surface area contributed by atoms with Crippen LogP contribution in [-0.2, 0) is 6.18 Å². The minimum absolute atomic E-state index is 0.00731. The average molecular weight is 310 g/mol. The quantitative estimate of drug-likeness (QED) is 0.802. The van der Waals surface area contributed by atoms with E-state index in [4.69, 9.17) is 4.74 Å². The Morgan fingerprint density at radius 1 is 1.33 bits per heavy atom. The Morgan fingerprint density at radius 3 is 2.43 bits per heavy atom. The van der Waals surface area contributed by atoms with Crippen LogP contribution in [0.25, 0.3) is 0 Å². The zero-order valence-electron chi connectivity index (χ0n) is 11.5. The van der Waals surface area contributed by atoms with E-state index in [0.717, 1.165) is 12.1 Å². The predicted molar refractivity (Wildman–Crippen MR) is 65.3 cm³/mol. The van der Waals surface area contributed by atoms with Crippen molar-refractivity contribution in [2.24, 2.45) is 0 Å². The maximum Gasteiger partial charge on any atom is 0.417 e. The van der Waals surface area contributed by atoms with Gasteiger partial charge in [-0.15, -0.1) is 0 Å². The highest BCUT2D eigenvalue weighted by Gasteiger charge is 2.50. The molecule has 1 atom stereocenters. The van der Waals surface area contributed by atoms with Gasteiger partial charge in [-0.1, -0.05) is 0 Å². The summed E-state index contributed by atoms with van der Waals surface area (Å²) in [5.74, 6) is -3.30. The number of hydrogen-bond donors (Lipinski definition) is 0. The number of ether oxygens (including phenoxy) is 1. The zero-order valence-corrected chi connectivity index (χ0v) is 11.5. The summed E-state index contributed by atoms with van der Waals surface area (Å²) in [6, 6.07) is 1.65. The van der Waals surface area contributed by atoms with Crippen LogP contribution in [-0.4, -0.2) is 41.0 Å². The molecule has 1 saturated heterocycles. The van der Waals surface area contributed by atoms with Crippen molar-refractivity contribution in [2.45, 2.75) is 38.1 Å². The Kier molecular flexibility index (Phi) is 4.10. The van der Waals surface area contributed by atoms with Crippen LogP contribution in [0.15, 0.2) is 18.3 Å². The molecule has 8 heteroatoms. The molecular formula is C13H15F5N2O. The second-order valence-electron chi connectivity index (χ2n) is 5.27. The molecule has 2 rings (SSSR count). The highest BCUT2D eigenvalue weighted by Crippen LogP contribution is 2.33. The molecule has 3 nitrogen and oxygen atoms in total. The molecule has 1 aromatic rings. The molecule has 1 aliphatic heterocycles. The average Bonchev–Trinajstić information content (AvgIpc) is 2.65. The third-order valence-electron chi connectivity index (χ3n) is 3.34. The van der Waals surface area contributed by atoms with Crippen molar-refractivity contribution in [3.05, 3.63) is 23.9 Å². The number of pyridine rings is 1. The van der Waals surface area contributed by atoms with Gasteiger partial charge in [0, 0.05) is 24.8 Å². The van der Waals surface area contributed by atoms with Gasteiger partial charge in [-0.05, 0) is 19.9 Å². The molecule has 118 valence electrons. The smallest absolute Gasteiger partial charge is 0.417 e. The van der Waals surface area contributed by atoms with Crippen molar-refractivity contribution in [3.8, 4) is 5.88 Å². The number of hydrogen-bond acceptors (Lipinski definition) is 3. The summed E-state index contributed by atoms with van der Waals surface area (Å²) in [4.78, 5) is 5.00. The highest BCUT2D eigenvalue weighted by atomic mass is 19.4. The van der Waals surface area contributed by atoms with Gasteiger partial charge in [-0.3, -0.25) is 4.90 Å². The van der Waals surface area contributed by atoms with Crippen LogP contribution in [0.1, 0.15) is 19.4 Å². The number of rotatable bonds is 3. The third-order valence-corrected chi connectivity index (χ3v) is 3.34. The number of likely N-dealkylation sites (tertiary alicyclic amines) is 1. The zero-order chi connectivity index (χ0) is 15.8. The molecule has 0 saturated carbocycles. The summed E-state index contributed by atoms with van der Waals surface area (Å²) < 4.78 is 69.8. The van der Waals surface area contributed by atoms with Gasteiger partial charge >= 0.3 is 6.18 Å². The van der Waals surface area contributed by atoms with E-state index < -0.39 is 30.3 Å². The molecule has 0 amide bonds. The summed E-state index contributed by atoms with van der Waals surface area (Å²) in [6.45, 7) is 3.15. The molecular weight excluding hydrogens is 295 g/mol. The first-order chi connectivity index (χ1) is 9.59. The molecule has 2 heterocycles. The van der Waals surface area contributed by atoms with E-state index in [1.165, 1.54) is 0 Å². The van der Waals surface area contributed by atoms with Crippen molar-refractivity contribution in [2.75, 3.05) is 13.1 Å². The molecule has 21 heavy (non-hydrogen) atoms. The normalized spacial score (nSPS) is 22.8. The Balaban J connectivity index is 2.08. The third kappa shape index (κ3) is 3.61. The maximum absolute atomic E-state index is 13.8. The minimum atomic E-state index is -4.52. The van der Waals surface area contributed by atoms with Gasteiger partial charge in [0.2, 0.25) is 5.88 Å². The largest absolute Gasteiger partial charge is 0.466 e. The lowest BCUT2D eigenvalue weighted by Gasteiger charge is -2.19. The van der Waals surface area contributed by atoms with E-state index in [-0.39, 0.29) is 18.5 Å². The van der Waals surface area contributed by atoms with Gasteiger partial charge in [0.1, 0.15) is 0 Å². The van der Waals surface area contributed by atoms with Gasteiger partial charge in [-0.2, -0.15) is 13.2 Å². The number of alkyl halides is 5. The van der Waals surface area contributed by atoms with Crippen LogP contribution in [0.2, 0.25) is 0 Å². The van der Waals surface area contributed by atoms with Crippen molar-refractivity contribution >= 4 is 0 Å². The van der Waals surface area contributed by atoms with Crippen LogP contribution in [0, 0.1) is 0 Å². The summed E-state index contributed by atoms with van der Waals surface area (Å²) in [5.41, 5.74) is -0.947. The van der Waals surface area contributed by atoms with Crippen LogP contribution < -0.4 is 4.74 Å². The summed E-state index contributed by atoms with van der Waals surface area (Å²) in [7, 11) is 0. The monoisotopic (exact) mass is 310 g/mol. The Hall–Kier alpha value is -1.44. The van der Waals surface area contributed by atoms with E-state index in [1.807, 2.05) is 0 Å². The molecule has 0 spiro atoms. The lowest BCUT2D eigenvalue weighted by Crippen LogP contribution is -2.36. The van der Waals surface area contributed by atoms with Gasteiger partial charge in [0.15, 0.2) is 6.10 Å². The molecule has 1 unspecified atom stereocenters. The van der Waals surface area contributed by atoms with E-state index in [1.54, 1.807) is 18.7 Å². The van der Waals surface area contributed by atoms with Crippen LogP contribution in [0.3, 0.4) is 0 Å². The fraction of sp³-hybridized carbons (Fsp3) is 0.615. The second kappa shape index (κ2) is 5.40. The van der Waals surface area contributed by atoms with E-state index >= 15 is 0 Å². The molecule has 0 radical (unpaired) electrons. The van der Waals surface area contributed by atoms with E-state index in [9.17, 15) is 22.0 Å². The van der Waals surface area contributed by atoms with E-state index in [2.05, 4.69) is 4.98 Å². The fourth-order valence-corrected chi connectivity index (χ4v) is 2.06. The van der Waals surface area contributed by atoms with E-state index in [0.29, 0.717) is 6.20 Å². The van der Waals surface area contributed by atoms with Crippen LogP contribution >= 0.6 is 0 Å². The predicted octanol–water partition coefficient (Wildman–Crippen LogP) is 3.21. The number of aromatic nitrogens is 1. The molecule has 1 aromatic heterocycles. The van der Waals surface area contributed by atoms with Gasteiger partial charge in [0.25, 0.3) is 5.92 Å². The maximum atomic E-state index is 13.8. The first-order valence-electron chi connectivity index (χ1n) is 6.41. The molecule has 0 aliphatic carbocycles. The standard InChI is InChI=1S/C13H15F5N2O/c1-8(2)20-6-10(12(14,15)7-20)21-11-4-3-9(5-19-11)13(16,17)18/h3-5,8,10H,6-7H2,1-2H3. The summed E-state index contributed by atoms with van der Waals surface area (Å²) in [5, 5.41) is 0. The second-order valence-corrected chi connectivity index (χ2v) is 5.27. The Morgan fingerprint density at radius 2 is 2.00 bits per heavy atom. The summed E-state index contributed by atoms with van der Waals surface area (Å²) in [6.07, 6.45) is -5.36. The van der Waals surface area contributed by atoms with Crippen molar-refractivity contribution in [1.82, 2.24) is 9.88 Å². The molecule has 0 N–H and O–H groups in total. The number of nitrogens with zero attached hydrogens (tertiary/aromatic N) is 2. The molecule has 1 fully saturated rings. The lowest BCUT2D eigenvalue weighted by molar-refractivity contribution is -0.137. The SMILES string of the molecule is CC(C)N1CC(Oc2ccc(C(F)(F)F)cn2)C(F)(F)C1.